The number of amides is 1. The summed E-state index contributed by atoms with van der Waals surface area (Å²) in [4.78, 5) is 19.8. The zero-order valence-electron chi connectivity index (χ0n) is 20.3. The van der Waals surface area contributed by atoms with Crippen LogP contribution in [0.2, 0.25) is 0 Å². The number of hydrogen-bond donors (Lipinski definition) is 2. The van der Waals surface area contributed by atoms with Gasteiger partial charge < -0.3 is 15.7 Å². The van der Waals surface area contributed by atoms with Crippen molar-refractivity contribution < 1.29 is 9.90 Å². The molecule has 3 rings (SSSR count). The molecule has 0 saturated carbocycles. The molecule has 2 aromatic rings. The van der Waals surface area contributed by atoms with E-state index in [9.17, 15) is 9.90 Å². The summed E-state index contributed by atoms with van der Waals surface area (Å²) in [6.45, 7) is 14.1. The second-order valence-corrected chi connectivity index (χ2v) is 8.49. The van der Waals surface area contributed by atoms with Gasteiger partial charge in [-0.3, -0.25) is 9.79 Å². The number of allylic oxidation sites excluding steroid dienone is 3. The Morgan fingerprint density at radius 3 is 2.56 bits per heavy atom. The van der Waals surface area contributed by atoms with Crippen LogP contribution in [0.15, 0.2) is 78.5 Å². The summed E-state index contributed by atoms with van der Waals surface area (Å²) in [5.41, 5.74) is 13.8. The van der Waals surface area contributed by atoms with Gasteiger partial charge in [0, 0.05) is 29.1 Å². The topological polar surface area (TPSA) is 78.9 Å². The number of hydrogen-bond acceptors (Lipinski definition) is 4. The normalized spacial score (nSPS) is 14.6. The number of carbonyl (C=O) groups is 1. The number of aliphatic imine (C=N–C) groups is 1. The number of aliphatic hydroxyl groups excluding tert-OH is 1. The molecule has 0 bridgehead atoms. The SMILES string of the molecule is C=C\C=C(/N=C(\C=C(/N)C(=O)N1CCCc2cc(C(=C)O)ccc21)CC)c1ccc(C)c(C)c1. The number of rotatable bonds is 7. The first-order valence-electron chi connectivity index (χ1n) is 11.5. The van der Waals surface area contributed by atoms with Crippen LogP contribution in [0.3, 0.4) is 0 Å². The van der Waals surface area contributed by atoms with Crippen LogP contribution in [0.5, 0.6) is 0 Å². The van der Waals surface area contributed by atoms with Crippen LogP contribution in [-0.2, 0) is 11.2 Å². The minimum atomic E-state index is -0.252. The molecular weight excluding hydrogens is 422 g/mol. The molecule has 0 unspecified atom stereocenters. The lowest BCUT2D eigenvalue weighted by atomic mass is 9.98. The van der Waals surface area contributed by atoms with Crippen molar-refractivity contribution in [1.82, 2.24) is 0 Å². The minimum Gasteiger partial charge on any atom is -0.508 e. The van der Waals surface area contributed by atoms with Crippen molar-refractivity contribution in [3.05, 3.63) is 101 Å². The maximum Gasteiger partial charge on any atom is 0.274 e. The summed E-state index contributed by atoms with van der Waals surface area (Å²) in [7, 11) is 0. The third-order valence-corrected chi connectivity index (χ3v) is 6.05. The maximum absolute atomic E-state index is 13.3. The van der Waals surface area contributed by atoms with Gasteiger partial charge in [0.25, 0.3) is 5.91 Å². The molecule has 1 amide bonds. The first-order valence-corrected chi connectivity index (χ1v) is 11.5. The van der Waals surface area contributed by atoms with Gasteiger partial charge in [-0.25, -0.2) is 0 Å². The molecule has 1 aliphatic heterocycles. The largest absolute Gasteiger partial charge is 0.508 e. The number of nitrogens with zero attached hydrogens (tertiary/aromatic N) is 2. The summed E-state index contributed by atoms with van der Waals surface area (Å²) in [5, 5.41) is 9.71. The van der Waals surface area contributed by atoms with Gasteiger partial charge >= 0.3 is 0 Å². The fourth-order valence-corrected chi connectivity index (χ4v) is 3.96. The fourth-order valence-electron chi connectivity index (χ4n) is 3.96. The van der Waals surface area contributed by atoms with E-state index >= 15 is 0 Å². The second-order valence-electron chi connectivity index (χ2n) is 8.49. The van der Waals surface area contributed by atoms with Gasteiger partial charge in [-0.2, -0.15) is 0 Å². The highest BCUT2D eigenvalue weighted by molar-refractivity contribution is 6.11. The van der Waals surface area contributed by atoms with Gasteiger partial charge in [-0.1, -0.05) is 38.3 Å². The second kappa shape index (κ2) is 10.8. The van der Waals surface area contributed by atoms with E-state index in [4.69, 9.17) is 10.7 Å². The van der Waals surface area contributed by atoms with E-state index in [-0.39, 0.29) is 17.4 Å². The molecule has 0 saturated heterocycles. The number of carbonyl (C=O) groups excluding carboxylic acids is 1. The molecule has 1 aliphatic rings. The Balaban J connectivity index is 1.92. The quantitative estimate of drug-likeness (QED) is 0.231. The molecule has 0 spiro atoms. The zero-order chi connectivity index (χ0) is 24.8. The molecule has 0 radical (unpaired) electrons. The lowest BCUT2D eigenvalue weighted by Gasteiger charge is -2.30. The number of anilines is 1. The highest BCUT2D eigenvalue weighted by Gasteiger charge is 2.24. The van der Waals surface area contributed by atoms with E-state index in [0.717, 1.165) is 35.4 Å². The van der Waals surface area contributed by atoms with Gasteiger partial charge in [0.15, 0.2) is 0 Å². The molecule has 3 N–H and O–H groups in total. The number of nitrogens with two attached hydrogens (primary N) is 1. The summed E-state index contributed by atoms with van der Waals surface area (Å²) in [5.74, 6) is -0.236. The molecule has 5 heteroatoms. The molecule has 0 aromatic heterocycles. The Morgan fingerprint density at radius 2 is 1.91 bits per heavy atom. The molecule has 1 heterocycles. The van der Waals surface area contributed by atoms with Gasteiger partial charge in [-0.15, -0.1) is 0 Å². The highest BCUT2D eigenvalue weighted by atomic mass is 16.3. The molecule has 176 valence electrons. The van der Waals surface area contributed by atoms with Crippen molar-refractivity contribution in [3.63, 3.8) is 0 Å². The van der Waals surface area contributed by atoms with Gasteiger partial charge in [-0.05, 0) is 86.2 Å². The van der Waals surface area contributed by atoms with Crippen LogP contribution in [0, 0.1) is 13.8 Å². The standard InChI is InChI=1S/C29H33N3O2/c1-6-9-27(23-12-11-19(3)20(4)16-23)31-25(7-2)18-26(30)29(34)32-15-8-10-24-17-22(21(5)33)13-14-28(24)32/h6,9,11-14,16-18,33H,1,5,7-8,10,15,30H2,2-4H3/b26-18-,27-9-,31-25-. The monoisotopic (exact) mass is 455 g/mol. The minimum absolute atomic E-state index is 0.0154. The van der Waals surface area contributed by atoms with Crippen molar-refractivity contribution in [1.29, 1.82) is 0 Å². The smallest absolute Gasteiger partial charge is 0.274 e. The molecule has 2 aromatic carbocycles. The number of fused-ring (bicyclic) bond motifs is 1. The summed E-state index contributed by atoms with van der Waals surface area (Å²) < 4.78 is 0. The average Bonchev–Trinajstić information content (AvgIpc) is 2.83. The van der Waals surface area contributed by atoms with E-state index < -0.39 is 0 Å². The van der Waals surface area contributed by atoms with Crippen molar-refractivity contribution in [3.8, 4) is 0 Å². The highest BCUT2D eigenvalue weighted by Crippen LogP contribution is 2.30. The van der Waals surface area contributed by atoms with Crippen molar-refractivity contribution in [2.24, 2.45) is 10.7 Å². The molecule has 5 nitrogen and oxygen atoms in total. The van der Waals surface area contributed by atoms with E-state index in [1.165, 1.54) is 11.1 Å². The number of benzene rings is 2. The Bertz CT molecular complexity index is 1220. The first-order chi connectivity index (χ1) is 16.2. The van der Waals surface area contributed by atoms with E-state index in [0.29, 0.717) is 24.2 Å². The van der Waals surface area contributed by atoms with Crippen LogP contribution in [0.25, 0.3) is 11.5 Å². The predicted octanol–water partition coefficient (Wildman–Crippen LogP) is 6.03. The van der Waals surface area contributed by atoms with Crippen molar-refractivity contribution in [2.75, 3.05) is 11.4 Å². The van der Waals surface area contributed by atoms with Crippen molar-refractivity contribution in [2.45, 2.75) is 40.0 Å². The summed E-state index contributed by atoms with van der Waals surface area (Å²) >= 11 is 0. The Hall–Kier alpha value is -3.86. The van der Waals surface area contributed by atoms with Crippen LogP contribution in [0.1, 0.15) is 47.6 Å². The van der Waals surface area contributed by atoms with E-state index in [1.54, 1.807) is 23.1 Å². The summed E-state index contributed by atoms with van der Waals surface area (Å²) in [6.07, 6.45) is 7.50. The molecule has 0 atom stereocenters. The van der Waals surface area contributed by atoms with Crippen LogP contribution < -0.4 is 10.6 Å². The Labute approximate surface area is 202 Å². The van der Waals surface area contributed by atoms with Gasteiger partial charge in [0.1, 0.15) is 5.76 Å². The lowest BCUT2D eigenvalue weighted by molar-refractivity contribution is -0.115. The van der Waals surface area contributed by atoms with Crippen LogP contribution in [-0.4, -0.2) is 23.3 Å². The molecule has 0 fully saturated rings. The Kier molecular flexibility index (Phi) is 7.90. The van der Waals surface area contributed by atoms with Crippen LogP contribution >= 0.6 is 0 Å². The van der Waals surface area contributed by atoms with E-state index in [2.05, 4.69) is 39.1 Å². The lowest BCUT2D eigenvalue weighted by Crippen LogP contribution is -2.38. The van der Waals surface area contributed by atoms with Gasteiger partial charge in [0.05, 0.1) is 11.4 Å². The third-order valence-electron chi connectivity index (χ3n) is 6.05. The molecule has 0 aliphatic carbocycles. The first kappa shape index (κ1) is 24.8. The fraction of sp³-hybridized carbons (Fsp3) is 0.241. The third kappa shape index (κ3) is 5.54. The van der Waals surface area contributed by atoms with Gasteiger partial charge in [0.2, 0.25) is 0 Å². The maximum atomic E-state index is 13.3. The average molecular weight is 456 g/mol. The zero-order valence-corrected chi connectivity index (χ0v) is 20.3. The number of aryl methyl sites for hydroxylation is 3. The molecule has 34 heavy (non-hydrogen) atoms. The van der Waals surface area contributed by atoms with E-state index in [1.807, 2.05) is 31.2 Å². The van der Waals surface area contributed by atoms with Crippen LogP contribution in [0.4, 0.5) is 5.69 Å². The summed E-state index contributed by atoms with van der Waals surface area (Å²) in [6, 6.07) is 11.7. The predicted molar refractivity (Wildman–Crippen MR) is 143 cm³/mol. The molecular formula is C29H33N3O2. The Morgan fingerprint density at radius 1 is 1.18 bits per heavy atom. The number of aliphatic hydroxyl groups is 1. The van der Waals surface area contributed by atoms with Crippen molar-refractivity contribution >= 4 is 28.8 Å².